The van der Waals surface area contributed by atoms with Crippen LogP contribution in [0.4, 0.5) is 0 Å². The molecule has 1 aliphatic heterocycles. The van der Waals surface area contributed by atoms with Crippen LogP contribution < -0.4 is 5.73 Å². The number of nitrogens with zero attached hydrogens (tertiary/aromatic N) is 2. The van der Waals surface area contributed by atoms with Crippen LogP contribution in [0.25, 0.3) is 0 Å². The summed E-state index contributed by atoms with van der Waals surface area (Å²) >= 11 is 0. The molecule has 0 radical (unpaired) electrons. The molecule has 0 spiro atoms. The quantitative estimate of drug-likeness (QED) is 0.350. The normalized spacial score (nSPS) is 37.2. The van der Waals surface area contributed by atoms with Crippen molar-refractivity contribution in [3.8, 4) is 0 Å². The summed E-state index contributed by atoms with van der Waals surface area (Å²) in [6, 6.07) is 0.746. The second-order valence-corrected chi connectivity index (χ2v) is 7.15. The Hall–Kier alpha value is -0.770. The first-order valence-corrected chi connectivity index (χ1v) is 7.66. The van der Waals surface area contributed by atoms with E-state index in [4.69, 9.17) is 10.9 Å². The zero-order chi connectivity index (χ0) is 14.0. The van der Waals surface area contributed by atoms with Gasteiger partial charge in [-0.2, -0.15) is 0 Å². The number of amidine groups is 1. The lowest BCUT2D eigenvalue weighted by Gasteiger charge is -2.45. The summed E-state index contributed by atoms with van der Waals surface area (Å²) in [4.78, 5) is 2.64. The van der Waals surface area contributed by atoms with Gasteiger partial charge in [0.25, 0.3) is 0 Å². The van der Waals surface area contributed by atoms with E-state index in [1.54, 1.807) is 0 Å². The van der Waals surface area contributed by atoms with Gasteiger partial charge in [-0.05, 0) is 57.0 Å². The zero-order valence-electron chi connectivity index (χ0n) is 12.6. The molecular weight excluding hydrogens is 238 g/mol. The van der Waals surface area contributed by atoms with Gasteiger partial charge >= 0.3 is 0 Å². The van der Waals surface area contributed by atoms with E-state index in [-0.39, 0.29) is 5.41 Å². The smallest absolute Gasteiger partial charge is 0.145 e. The Balaban J connectivity index is 1.93. The van der Waals surface area contributed by atoms with Crippen molar-refractivity contribution < 1.29 is 5.21 Å². The topological polar surface area (TPSA) is 61.8 Å². The number of piperidine rings is 1. The van der Waals surface area contributed by atoms with E-state index in [2.05, 4.69) is 30.8 Å². The molecule has 2 rings (SSSR count). The van der Waals surface area contributed by atoms with E-state index in [0.717, 1.165) is 43.8 Å². The molecule has 1 heterocycles. The summed E-state index contributed by atoms with van der Waals surface area (Å²) in [5, 5.41) is 12.1. The largest absolute Gasteiger partial charge is 0.409 e. The van der Waals surface area contributed by atoms with Crippen LogP contribution >= 0.6 is 0 Å². The van der Waals surface area contributed by atoms with Gasteiger partial charge in [0.05, 0.1) is 0 Å². The van der Waals surface area contributed by atoms with E-state index in [1.165, 1.54) is 19.3 Å². The van der Waals surface area contributed by atoms with Crippen LogP contribution in [0.15, 0.2) is 5.16 Å². The molecule has 0 bridgehead atoms. The molecule has 4 heteroatoms. The molecule has 3 N–H and O–H groups in total. The highest BCUT2D eigenvalue weighted by Gasteiger charge is 2.37. The summed E-state index contributed by atoms with van der Waals surface area (Å²) < 4.78 is 0. The molecule has 2 fully saturated rings. The number of likely N-dealkylation sites (tertiary alicyclic amines) is 1. The molecule has 2 aliphatic rings. The molecule has 1 aliphatic carbocycles. The first-order chi connectivity index (χ1) is 8.94. The summed E-state index contributed by atoms with van der Waals surface area (Å²) in [6.45, 7) is 9.04. The molecule has 0 amide bonds. The minimum Gasteiger partial charge on any atom is -0.409 e. The van der Waals surface area contributed by atoms with Crippen molar-refractivity contribution in [3.05, 3.63) is 0 Å². The third-order valence-corrected chi connectivity index (χ3v) is 5.30. The van der Waals surface area contributed by atoms with Crippen LogP contribution in [0.2, 0.25) is 0 Å². The van der Waals surface area contributed by atoms with Crippen LogP contribution in [-0.2, 0) is 0 Å². The van der Waals surface area contributed by atoms with Gasteiger partial charge in [0.1, 0.15) is 5.84 Å². The minimum atomic E-state index is -0.114. The maximum absolute atomic E-state index is 8.89. The van der Waals surface area contributed by atoms with Crippen molar-refractivity contribution in [2.75, 3.05) is 13.1 Å². The second-order valence-electron chi connectivity index (χ2n) is 7.15. The Labute approximate surface area is 117 Å². The highest BCUT2D eigenvalue weighted by molar-refractivity contribution is 5.85. The molecule has 1 saturated carbocycles. The van der Waals surface area contributed by atoms with Gasteiger partial charge < -0.3 is 15.8 Å². The molecule has 2 atom stereocenters. The van der Waals surface area contributed by atoms with Gasteiger partial charge in [-0.25, -0.2) is 0 Å². The van der Waals surface area contributed by atoms with E-state index < -0.39 is 0 Å². The van der Waals surface area contributed by atoms with E-state index >= 15 is 0 Å². The Morgan fingerprint density at radius 2 is 1.68 bits per heavy atom. The third kappa shape index (κ3) is 3.22. The Bertz CT molecular complexity index is 324. The maximum atomic E-state index is 8.89. The lowest BCUT2D eigenvalue weighted by Crippen LogP contribution is -2.50. The highest BCUT2D eigenvalue weighted by Crippen LogP contribution is 2.36. The predicted molar refractivity (Wildman–Crippen MR) is 78.3 cm³/mol. The molecule has 110 valence electrons. The third-order valence-electron chi connectivity index (χ3n) is 5.30. The van der Waals surface area contributed by atoms with Gasteiger partial charge in [0.15, 0.2) is 0 Å². The molecule has 0 aromatic rings. The number of rotatable bonds is 2. The lowest BCUT2D eigenvalue weighted by atomic mass is 9.76. The Morgan fingerprint density at radius 3 is 2.16 bits per heavy atom. The highest BCUT2D eigenvalue weighted by atomic mass is 16.4. The monoisotopic (exact) mass is 267 g/mol. The second kappa shape index (κ2) is 5.70. The van der Waals surface area contributed by atoms with Crippen molar-refractivity contribution in [2.24, 2.45) is 28.1 Å². The fraction of sp³-hybridized carbons (Fsp3) is 0.933. The standard InChI is InChI=1S/C15H29N3O/c1-11-8-12(2)10-13(9-11)18-6-4-15(3,5-7-18)14(16)17-19/h11-13,19H,4-10H2,1-3H3,(H2,16,17). The molecule has 4 nitrogen and oxygen atoms in total. The molecular formula is C15H29N3O. The Kier molecular flexibility index (Phi) is 4.39. The molecule has 1 saturated heterocycles. The average molecular weight is 267 g/mol. The zero-order valence-corrected chi connectivity index (χ0v) is 12.6. The van der Waals surface area contributed by atoms with Gasteiger partial charge in [0.2, 0.25) is 0 Å². The maximum Gasteiger partial charge on any atom is 0.145 e. The van der Waals surface area contributed by atoms with E-state index in [0.29, 0.717) is 5.84 Å². The van der Waals surface area contributed by atoms with E-state index in [1.807, 2.05) is 0 Å². The number of nitrogens with two attached hydrogens (primary N) is 1. The number of hydrogen-bond acceptors (Lipinski definition) is 3. The average Bonchev–Trinajstić information content (AvgIpc) is 2.37. The molecule has 2 unspecified atom stereocenters. The molecule has 0 aromatic carbocycles. The van der Waals surface area contributed by atoms with Gasteiger partial charge in [-0.3, -0.25) is 0 Å². The van der Waals surface area contributed by atoms with Gasteiger partial charge in [0, 0.05) is 11.5 Å². The van der Waals surface area contributed by atoms with Crippen LogP contribution in [0.1, 0.15) is 52.9 Å². The van der Waals surface area contributed by atoms with Crippen LogP contribution in [0, 0.1) is 17.3 Å². The SMILES string of the molecule is CC1CC(C)CC(N2CCC(C)(C(N)=NO)CC2)C1. The first-order valence-electron chi connectivity index (χ1n) is 7.66. The first kappa shape index (κ1) is 14.6. The lowest BCUT2D eigenvalue weighted by molar-refractivity contribution is 0.0658. The van der Waals surface area contributed by atoms with Gasteiger partial charge in [-0.15, -0.1) is 0 Å². The fourth-order valence-corrected chi connectivity index (χ4v) is 3.96. The minimum absolute atomic E-state index is 0.114. The summed E-state index contributed by atoms with van der Waals surface area (Å²) in [5.41, 5.74) is 5.72. The summed E-state index contributed by atoms with van der Waals surface area (Å²) in [7, 11) is 0. The van der Waals surface area contributed by atoms with Crippen molar-refractivity contribution in [2.45, 2.75) is 58.9 Å². The Morgan fingerprint density at radius 1 is 1.16 bits per heavy atom. The van der Waals surface area contributed by atoms with Crippen molar-refractivity contribution in [1.29, 1.82) is 0 Å². The molecule has 19 heavy (non-hydrogen) atoms. The summed E-state index contributed by atoms with van der Waals surface area (Å²) in [5.74, 6) is 2.11. The molecule has 0 aromatic heterocycles. The van der Waals surface area contributed by atoms with Crippen LogP contribution in [0.5, 0.6) is 0 Å². The van der Waals surface area contributed by atoms with Crippen molar-refractivity contribution in [1.82, 2.24) is 4.90 Å². The van der Waals surface area contributed by atoms with Crippen LogP contribution in [0.3, 0.4) is 0 Å². The summed E-state index contributed by atoms with van der Waals surface area (Å²) in [6.07, 6.45) is 6.06. The number of oxime groups is 1. The van der Waals surface area contributed by atoms with Crippen molar-refractivity contribution >= 4 is 5.84 Å². The van der Waals surface area contributed by atoms with Crippen molar-refractivity contribution in [3.63, 3.8) is 0 Å². The van der Waals surface area contributed by atoms with Gasteiger partial charge in [-0.1, -0.05) is 25.9 Å². The number of hydrogen-bond donors (Lipinski definition) is 2. The fourth-order valence-electron chi connectivity index (χ4n) is 3.96. The predicted octanol–water partition coefficient (Wildman–Crippen LogP) is 2.66. The van der Waals surface area contributed by atoms with Crippen LogP contribution in [-0.4, -0.2) is 35.1 Å². The van der Waals surface area contributed by atoms with E-state index in [9.17, 15) is 0 Å².